The summed E-state index contributed by atoms with van der Waals surface area (Å²) in [5.41, 5.74) is 2.05. The van der Waals surface area contributed by atoms with E-state index < -0.39 is 0 Å². The quantitative estimate of drug-likeness (QED) is 0.319. The molecule has 128 valence electrons. The molecule has 2 nitrogen and oxygen atoms in total. The Morgan fingerprint density at radius 1 is 0.741 bits per heavy atom. The minimum absolute atomic E-state index is 0.170. The maximum absolute atomic E-state index is 12.6. The molecule has 0 bridgehead atoms. The molecule has 0 N–H and O–H groups in total. The topological polar surface area (TPSA) is 29.4 Å². The van der Waals surface area contributed by atoms with Gasteiger partial charge in [0.25, 0.3) is 5.91 Å². The number of hydrogen-bond donors (Lipinski definition) is 0. The van der Waals surface area contributed by atoms with Crippen molar-refractivity contribution in [2.75, 3.05) is 0 Å². The van der Waals surface area contributed by atoms with Gasteiger partial charge in [0, 0.05) is 5.56 Å². The molecule has 4 aromatic rings. The van der Waals surface area contributed by atoms with E-state index in [2.05, 4.69) is 35.3 Å². The van der Waals surface area contributed by atoms with Crippen molar-refractivity contribution in [2.24, 2.45) is 4.99 Å². The van der Waals surface area contributed by atoms with E-state index in [9.17, 15) is 4.79 Å². The van der Waals surface area contributed by atoms with Crippen LogP contribution in [0.3, 0.4) is 0 Å². The van der Waals surface area contributed by atoms with Gasteiger partial charge >= 0.3 is 0 Å². The predicted octanol–water partition coefficient (Wildman–Crippen LogP) is 6.05. The monoisotopic (exact) mass is 365 g/mol. The minimum atomic E-state index is -0.170. The molecule has 3 heteroatoms. The van der Waals surface area contributed by atoms with Crippen LogP contribution in [0.5, 0.6) is 0 Å². The van der Waals surface area contributed by atoms with Crippen LogP contribution in [0, 0.1) is 0 Å². The van der Waals surface area contributed by atoms with Crippen LogP contribution in [-0.4, -0.2) is 11.0 Å². The summed E-state index contributed by atoms with van der Waals surface area (Å²) in [6, 6.07) is 28.6. The summed E-state index contributed by atoms with van der Waals surface area (Å²) in [6.07, 6.45) is 2.00. The van der Waals surface area contributed by atoms with Crippen LogP contribution in [-0.2, 0) is 4.79 Å². The van der Waals surface area contributed by atoms with Gasteiger partial charge < -0.3 is 0 Å². The van der Waals surface area contributed by atoms with E-state index in [1.807, 2.05) is 60.7 Å². The Labute approximate surface area is 161 Å². The molecule has 0 unspecified atom stereocenters. The molecule has 0 saturated heterocycles. The van der Waals surface area contributed by atoms with Gasteiger partial charge in [-0.15, -0.1) is 0 Å². The Hall–Kier alpha value is -3.17. The van der Waals surface area contributed by atoms with Crippen LogP contribution in [0.4, 0.5) is 0 Å². The van der Waals surface area contributed by atoms with E-state index in [1.54, 1.807) is 0 Å². The molecule has 0 saturated carbocycles. The predicted molar refractivity (Wildman–Crippen MR) is 115 cm³/mol. The Bertz CT molecular complexity index is 1200. The number of benzene rings is 4. The van der Waals surface area contributed by atoms with Crippen molar-refractivity contribution in [3.8, 4) is 0 Å². The van der Waals surface area contributed by atoms with Crippen LogP contribution in [0.25, 0.3) is 27.6 Å². The van der Waals surface area contributed by atoms with E-state index >= 15 is 0 Å². The van der Waals surface area contributed by atoms with Gasteiger partial charge in [-0.25, -0.2) is 4.99 Å². The average Bonchev–Trinajstić information content (AvgIpc) is 3.09. The van der Waals surface area contributed by atoms with E-state index in [0.717, 1.165) is 26.9 Å². The van der Waals surface area contributed by atoms with Crippen molar-refractivity contribution < 1.29 is 4.79 Å². The van der Waals surface area contributed by atoms with Crippen molar-refractivity contribution in [1.82, 2.24) is 0 Å². The van der Waals surface area contributed by atoms with E-state index in [0.29, 0.717) is 4.91 Å². The molecule has 27 heavy (non-hydrogen) atoms. The van der Waals surface area contributed by atoms with Crippen LogP contribution < -0.4 is 0 Å². The highest BCUT2D eigenvalue weighted by Crippen LogP contribution is 2.36. The zero-order valence-corrected chi connectivity index (χ0v) is 15.2. The largest absolute Gasteiger partial charge is 0.284 e. The fourth-order valence-corrected chi connectivity index (χ4v) is 4.35. The molecule has 1 amide bonds. The van der Waals surface area contributed by atoms with Crippen LogP contribution in [0.1, 0.15) is 11.1 Å². The second-order valence-corrected chi connectivity index (χ2v) is 7.46. The lowest BCUT2D eigenvalue weighted by Gasteiger charge is -2.09. The molecule has 5 rings (SSSR count). The number of rotatable bonds is 2. The molecule has 1 aliphatic rings. The van der Waals surface area contributed by atoms with E-state index in [-0.39, 0.29) is 5.91 Å². The van der Waals surface area contributed by atoms with Gasteiger partial charge in [-0.1, -0.05) is 90.6 Å². The number of fused-ring (bicyclic) bond motifs is 2. The SMILES string of the molecule is O=C1N=C(c2ccccc2)S/C1=C\c1c2ccccc2cc2ccccc12. The fourth-order valence-electron chi connectivity index (χ4n) is 3.45. The normalized spacial score (nSPS) is 15.6. The first-order valence-corrected chi connectivity index (χ1v) is 9.60. The number of carbonyl (C=O) groups excluding carboxylic acids is 1. The molecule has 0 atom stereocenters. The maximum atomic E-state index is 12.6. The number of amides is 1. The average molecular weight is 365 g/mol. The van der Waals surface area contributed by atoms with E-state index in [4.69, 9.17) is 0 Å². The smallest absolute Gasteiger partial charge is 0.266 e. The zero-order chi connectivity index (χ0) is 18.2. The molecule has 0 fully saturated rings. The van der Waals surface area contributed by atoms with Crippen LogP contribution in [0.2, 0.25) is 0 Å². The zero-order valence-electron chi connectivity index (χ0n) is 14.4. The molecule has 4 aromatic carbocycles. The second kappa shape index (κ2) is 6.53. The number of nitrogens with zero attached hydrogens (tertiary/aromatic N) is 1. The van der Waals surface area contributed by atoms with E-state index in [1.165, 1.54) is 22.5 Å². The van der Waals surface area contributed by atoms with Crippen molar-refractivity contribution >= 4 is 50.3 Å². The number of carbonyl (C=O) groups is 1. The lowest BCUT2D eigenvalue weighted by atomic mass is 9.96. The van der Waals surface area contributed by atoms with Gasteiger partial charge in [0.1, 0.15) is 5.04 Å². The number of thioether (sulfide) groups is 1. The highest BCUT2D eigenvalue weighted by atomic mass is 32.2. The third kappa shape index (κ3) is 2.86. The highest BCUT2D eigenvalue weighted by molar-refractivity contribution is 8.19. The summed E-state index contributed by atoms with van der Waals surface area (Å²) in [5, 5.41) is 5.39. The van der Waals surface area contributed by atoms with Crippen LogP contribution in [0.15, 0.2) is 94.8 Å². The summed E-state index contributed by atoms with van der Waals surface area (Å²) in [4.78, 5) is 17.5. The minimum Gasteiger partial charge on any atom is -0.266 e. The third-order valence-corrected chi connectivity index (χ3v) is 5.76. The van der Waals surface area contributed by atoms with Gasteiger partial charge in [-0.3, -0.25) is 4.79 Å². The first kappa shape index (κ1) is 16.0. The summed E-state index contributed by atoms with van der Waals surface area (Å²) in [6.45, 7) is 0. The Balaban J connectivity index is 1.67. The molecule has 1 heterocycles. The van der Waals surface area contributed by atoms with Gasteiger partial charge in [-0.2, -0.15) is 0 Å². The van der Waals surface area contributed by atoms with Crippen molar-refractivity contribution in [2.45, 2.75) is 0 Å². The second-order valence-electron chi connectivity index (χ2n) is 6.43. The summed E-state index contributed by atoms with van der Waals surface area (Å²) in [7, 11) is 0. The summed E-state index contributed by atoms with van der Waals surface area (Å²) >= 11 is 1.45. The lowest BCUT2D eigenvalue weighted by molar-refractivity contribution is -0.113. The first-order valence-electron chi connectivity index (χ1n) is 8.78. The van der Waals surface area contributed by atoms with Crippen LogP contribution >= 0.6 is 11.8 Å². The third-order valence-electron chi connectivity index (χ3n) is 4.73. The summed E-state index contributed by atoms with van der Waals surface area (Å²) in [5.74, 6) is -0.170. The van der Waals surface area contributed by atoms with Crippen molar-refractivity contribution in [3.05, 3.63) is 101 Å². The molecular formula is C24H15NOS. The molecule has 1 aliphatic heterocycles. The standard InChI is InChI=1S/C24H15NOS/c26-23-22(27-24(25-23)16-8-2-1-3-9-16)15-21-19-12-6-4-10-17(19)14-18-11-5-7-13-20(18)21/h1-15H/b22-15-. The molecule has 0 aromatic heterocycles. The van der Waals surface area contributed by atoms with Gasteiger partial charge in [-0.05, 0) is 39.3 Å². The first-order chi connectivity index (χ1) is 13.3. The highest BCUT2D eigenvalue weighted by Gasteiger charge is 2.23. The summed E-state index contributed by atoms with van der Waals surface area (Å²) < 4.78 is 0. The van der Waals surface area contributed by atoms with Gasteiger partial charge in [0.2, 0.25) is 0 Å². The maximum Gasteiger partial charge on any atom is 0.284 e. The fraction of sp³-hybridized carbons (Fsp3) is 0. The molecule has 0 spiro atoms. The van der Waals surface area contributed by atoms with Gasteiger partial charge in [0.05, 0.1) is 4.91 Å². The Morgan fingerprint density at radius 3 is 2.00 bits per heavy atom. The van der Waals surface area contributed by atoms with Gasteiger partial charge in [0.15, 0.2) is 0 Å². The Morgan fingerprint density at radius 2 is 1.33 bits per heavy atom. The molecule has 0 aliphatic carbocycles. The lowest BCUT2D eigenvalue weighted by Crippen LogP contribution is -1.90. The number of hydrogen-bond acceptors (Lipinski definition) is 2. The Kier molecular flexibility index (Phi) is 3.88. The van der Waals surface area contributed by atoms with Crippen molar-refractivity contribution in [1.29, 1.82) is 0 Å². The number of aliphatic imine (C=N–C) groups is 1. The van der Waals surface area contributed by atoms with Crippen molar-refractivity contribution in [3.63, 3.8) is 0 Å². The molecule has 0 radical (unpaired) electrons. The molecular weight excluding hydrogens is 350 g/mol.